The fourth-order valence-electron chi connectivity index (χ4n) is 1.56. The summed E-state index contributed by atoms with van der Waals surface area (Å²) in [6, 6.07) is 5.39. The number of hydrogen-bond donors (Lipinski definition) is 1. The average molecular weight is 197 g/mol. The van der Waals surface area contributed by atoms with Crippen molar-refractivity contribution in [3.8, 4) is 5.75 Å². The first-order chi connectivity index (χ1) is 6.74. The maximum absolute atomic E-state index is 12.7. The van der Waals surface area contributed by atoms with Crippen molar-refractivity contribution in [3.05, 3.63) is 29.3 Å². The van der Waals surface area contributed by atoms with E-state index in [9.17, 15) is 4.39 Å². The summed E-state index contributed by atoms with van der Waals surface area (Å²) < 4.78 is 17.9. The van der Waals surface area contributed by atoms with Gasteiger partial charge in [0.1, 0.15) is 12.4 Å². The van der Waals surface area contributed by atoms with Gasteiger partial charge >= 0.3 is 0 Å². The van der Waals surface area contributed by atoms with E-state index in [1.54, 1.807) is 19.2 Å². The highest BCUT2D eigenvalue weighted by Gasteiger charge is 2.14. The van der Waals surface area contributed by atoms with E-state index in [2.05, 4.69) is 0 Å². The lowest BCUT2D eigenvalue weighted by Gasteiger charge is -2.16. The van der Waals surface area contributed by atoms with Gasteiger partial charge in [-0.1, -0.05) is 19.1 Å². The number of nitrogens with two attached hydrogens (primary N) is 1. The van der Waals surface area contributed by atoms with Gasteiger partial charge in [0, 0.05) is 5.56 Å². The average Bonchev–Trinajstić information content (AvgIpc) is 2.26. The molecule has 1 aromatic carbocycles. The number of benzene rings is 1. The summed E-state index contributed by atoms with van der Waals surface area (Å²) in [6.07, 6.45) is 0. The van der Waals surface area contributed by atoms with Crippen molar-refractivity contribution in [2.75, 3.05) is 13.7 Å². The molecule has 0 bridgehead atoms. The van der Waals surface area contributed by atoms with E-state index in [0.29, 0.717) is 12.1 Å². The third-order valence-electron chi connectivity index (χ3n) is 2.37. The quantitative estimate of drug-likeness (QED) is 0.803. The van der Waals surface area contributed by atoms with Gasteiger partial charge in [0.2, 0.25) is 0 Å². The van der Waals surface area contributed by atoms with Crippen molar-refractivity contribution >= 4 is 0 Å². The van der Waals surface area contributed by atoms with E-state index in [0.717, 1.165) is 11.3 Å². The number of halogens is 1. The Balaban J connectivity index is 3.18. The van der Waals surface area contributed by atoms with Crippen molar-refractivity contribution in [3.63, 3.8) is 0 Å². The molecule has 0 aromatic heterocycles. The number of rotatable bonds is 4. The Hall–Kier alpha value is -1.09. The lowest BCUT2D eigenvalue weighted by molar-refractivity contribution is 0.402. The molecule has 2 nitrogen and oxygen atoms in total. The summed E-state index contributed by atoms with van der Waals surface area (Å²) in [6.45, 7) is 1.99. The van der Waals surface area contributed by atoms with Crippen molar-refractivity contribution < 1.29 is 9.13 Å². The molecule has 2 N–H and O–H groups in total. The second-order valence-corrected chi connectivity index (χ2v) is 3.30. The molecule has 78 valence electrons. The van der Waals surface area contributed by atoms with Crippen LogP contribution in [-0.4, -0.2) is 13.7 Å². The highest BCUT2D eigenvalue weighted by molar-refractivity contribution is 5.42. The van der Waals surface area contributed by atoms with Gasteiger partial charge in [-0.3, -0.25) is 0 Å². The molecule has 1 rings (SSSR count). The summed E-state index contributed by atoms with van der Waals surface area (Å²) in [7, 11) is 1.59. The van der Waals surface area contributed by atoms with Crippen LogP contribution >= 0.6 is 0 Å². The number of ether oxygens (including phenoxy) is 1. The summed E-state index contributed by atoms with van der Waals surface area (Å²) in [5.41, 5.74) is 7.13. The van der Waals surface area contributed by atoms with Crippen LogP contribution in [0.4, 0.5) is 4.39 Å². The monoisotopic (exact) mass is 197 g/mol. The zero-order valence-electron chi connectivity index (χ0n) is 8.59. The number of hydrogen-bond acceptors (Lipinski definition) is 2. The Labute approximate surface area is 83.9 Å². The van der Waals surface area contributed by atoms with Crippen LogP contribution in [0.2, 0.25) is 0 Å². The van der Waals surface area contributed by atoms with Gasteiger partial charge < -0.3 is 10.5 Å². The largest absolute Gasteiger partial charge is 0.496 e. The van der Waals surface area contributed by atoms with Gasteiger partial charge in [-0.15, -0.1) is 0 Å². The molecule has 14 heavy (non-hydrogen) atoms. The molecule has 1 unspecified atom stereocenters. The van der Waals surface area contributed by atoms with Gasteiger partial charge in [0.15, 0.2) is 0 Å². The molecule has 1 atom stereocenters. The first-order valence-electron chi connectivity index (χ1n) is 4.66. The summed E-state index contributed by atoms with van der Waals surface area (Å²) >= 11 is 0. The fraction of sp³-hybridized carbons (Fsp3) is 0.455. The van der Waals surface area contributed by atoms with Crippen molar-refractivity contribution in [1.29, 1.82) is 0 Å². The Bertz CT molecular complexity index is 279. The Morgan fingerprint density at radius 1 is 1.50 bits per heavy atom. The smallest absolute Gasteiger partial charge is 0.122 e. The third kappa shape index (κ3) is 2.04. The second-order valence-electron chi connectivity index (χ2n) is 3.30. The highest BCUT2D eigenvalue weighted by Crippen LogP contribution is 2.29. The van der Waals surface area contributed by atoms with Crippen molar-refractivity contribution in [1.82, 2.24) is 0 Å². The van der Waals surface area contributed by atoms with Crippen LogP contribution in [0.15, 0.2) is 18.2 Å². The normalized spacial score (nSPS) is 12.6. The molecule has 0 heterocycles. The summed E-state index contributed by atoms with van der Waals surface area (Å²) in [5, 5.41) is 0. The highest BCUT2D eigenvalue weighted by atomic mass is 19.1. The fourth-order valence-corrected chi connectivity index (χ4v) is 1.56. The SMILES string of the molecule is COc1cccc(CF)c1C(C)CN. The molecule has 0 aliphatic carbocycles. The lowest BCUT2D eigenvalue weighted by Crippen LogP contribution is -2.12. The molecule has 3 heteroatoms. The van der Waals surface area contributed by atoms with E-state index in [-0.39, 0.29) is 5.92 Å². The van der Waals surface area contributed by atoms with Crippen molar-refractivity contribution in [2.24, 2.45) is 5.73 Å². The predicted octanol–water partition coefficient (Wildman–Crippen LogP) is 2.23. The molecule has 0 saturated carbocycles. The van der Waals surface area contributed by atoms with E-state index >= 15 is 0 Å². The van der Waals surface area contributed by atoms with Crippen molar-refractivity contribution in [2.45, 2.75) is 19.5 Å². The molecule has 0 amide bonds. The Kier molecular flexibility index (Phi) is 3.89. The molecule has 0 aliphatic rings. The third-order valence-corrected chi connectivity index (χ3v) is 2.37. The minimum absolute atomic E-state index is 0.122. The zero-order valence-corrected chi connectivity index (χ0v) is 8.59. The molecule has 0 radical (unpaired) electrons. The van der Waals surface area contributed by atoms with Crippen LogP contribution in [0.5, 0.6) is 5.75 Å². The number of methoxy groups -OCH3 is 1. The minimum Gasteiger partial charge on any atom is -0.496 e. The maximum Gasteiger partial charge on any atom is 0.122 e. The van der Waals surface area contributed by atoms with Gasteiger partial charge in [0.05, 0.1) is 7.11 Å². The molecule has 1 aromatic rings. The summed E-state index contributed by atoms with van der Waals surface area (Å²) in [4.78, 5) is 0. The van der Waals surface area contributed by atoms with Gasteiger partial charge in [-0.25, -0.2) is 4.39 Å². The second kappa shape index (κ2) is 4.96. The maximum atomic E-state index is 12.7. The van der Waals surface area contributed by atoms with Crippen LogP contribution in [0, 0.1) is 0 Å². The Morgan fingerprint density at radius 2 is 2.21 bits per heavy atom. The van der Waals surface area contributed by atoms with Crippen LogP contribution in [-0.2, 0) is 6.67 Å². The molecule has 0 aliphatic heterocycles. The summed E-state index contributed by atoms with van der Waals surface area (Å²) in [5.74, 6) is 0.843. The molecular formula is C11H16FNO. The number of alkyl halides is 1. The molecular weight excluding hydrogens is 181 g/mol. The van der Waals surface area contributed by atoms with Crippen LogP contribution in [0.3, 0.4) is 0 Å². The van der Waals surface area contributed by atoms with E-state index in [4.69, 9.17) is 10.5 Å². The standard InChI is InChI=1S/C11H16FNO/c1-8(7-13)11-9(6-12)4-3-5-10(11)14-2/h3-5,8H,6-7,13H2,1-2H3. The van der Waals surface area contributed by atoms with E-state index in [1.807, 2.05) is 13.0 Å². The topological polar surface area (TPSA) is 35.2 Å². The minimum atomic E-state index is -0.475. The lowest BCUT2D eigenvalue weighted by atomic mass is 9.95. The molecule has 0 saturated heterocycles. The zero-order chi connectivity index (χ0) is 10.6. The molecule has 0 fully saturated rings. The Morgan fingerprint density at radius 3 is 2.71 bits per heavy atom. The van der Waals surface area contributed by atoms with E-state index in [1.165, 1.54) is 0 Å². The molecule has 0 spiro atoms. The van der Waals surface area contributed by atoms with Crippen LogP contribution in [0.1, 0.15) is 24.0 Å². The van der Waals surface area contributed by atoms with Gasteiger partial charge in [-0.05, 0) is 24.1 Å². The predicted molar refractivity (Wildman–Crippen MR) is 55.3 cm³/mol. The van der Waals surface area contributed by atoms with Gasteiger partial charge in [0.25, 0.3) is 0 Å². The van der Waals surface area contributed by atoms with Crippen LogP contribution in [0.25, 0.3) is 0 Å². The first-order valence-corrected chi connectivity index (χ1v) is 4.66. The van der Waals surface area contributed by atoms with Crippen LogP contribution < -0.4 is 10.5 Å². The first kappa shape index (κ1) is 11.0. The van der Waals surface area contributed by atoms with E-state index < -0.39 is 6.67 Å². The van der Waals surface area contributed by atoms with Gasteiger partial charge in [-0.2, -0.15) is 0 Å².